The fourth-order valence-electron chi connectivity index (χ4n) is 0.909. The average molecular weight is 244 g/mol. The number of hydrogen-bond acceptors (Lipinski definition) is 1. The first-order valence-electron chi connectivity index (χ1n) is 4.32. The number of halogens is 3. The summed E-state index contributed by atoms with van der Waals surface area (Å²) in [5, 5.41) is 3.74. The van der Waals surface area contributed by atoms with Crippen LogP contribution >= 0.6 is 15.9 Å². The van der Waals surface area contributed by atoms with Crippen molar-refractivity contribution in [3.05, 3.63) is 0 Å². The number of hydrogen-bond donors (Lipinski definition) is 1. The van der Waals surface area contributed by atoms with Gasteiger partial charge in [-0.1, -0.05) is 28.8 Å². The highest BCUT2D eigenvalue weighted by Gasteiger charge is 1.99. The molecule has 1 N–H and O–H groups in total. The van der Waals surface area contributed by atoms with Crippen LogP contribution in [0.4, 0.5) is 8.78 Å². The molecule has 0 aliphatic carbocycles. The molecule has 1 nitrogen and oxygen atoms in total. The Bertz CT molecular complexity index is 91.1. The third kappa shape index (κ3) is 10.3. The minimum atomic E-state index is -2.22. The second-order valence-corrected chi connectivity index (χ2v) is 3.49. The van der Waals surface area contributed by atoms with Crippen LogP contribution in [0.3, 0.4) is 0 Å². The standard InChI is InChI=1S/C8H16BrF2N/c9-5-3-1-2-4-6-12-7-8(10)11/h8,12H,1-7H2. The van der Waals surface area contributed by atoms with E-state index in [0.29, 0.717) is 6.54 Å². The van der Waals surface area contributed by atoms with Gasteiger partial charge in [-0.05, 0) is 19.4 Å². The lowest BCUT2D eigenvalue weighted by atomic mass is 10.2. The summed E-state index contributed by atoms with van der Waals surface area (Å²) in [5.41, 5.74) is 0. The smallest absolute Gasteiger partial charge is 0.250 e. The third-order valence-electron chi connectivity index (χ3n) is 1.54. The molecule has 0 spiro atoms. The van der Waals surface area contributed by atoms with Crippen molar-refractivity contribution < 1.29 is 8.78 Å². The predicted molar refractivity (Wildman–Crippen MR) is 51.1 cm³/mol. The molecule has 0 aliphatic heterocycles. The van der Waals surface area contributed by atoms with Crippen LogP contribution in [-0.2, 0) is 0 Å². The summed E-state index contributed by atoms with van der Waals surface area (Å²) in [5.74, 6) is 0. The number of nitrogens with one attached hydrogen (secondary N) is 1. The van der Waals surface area contributed by atoms with Crippen molar-refractivity contribution in [2.24, 2.45) is 0 Å². The van der Waals surface area contributed by atoms with Crippen molar-refractivity contribution in [1.29, 1.82) is 0 Å². The molecule has 0 aliphatic rings. The first kappa shape index (κ1) is 12.3. The minimum Gasteiger partial charge on any atom is -0.311 e. The van der Waals surface area contributed by atoms with Gasteiger partial charge in [0, 0.05) is 5.33 Å². The van der Waals surface area contributed by atoms with Gasteiger partial charge in [0.15, 0.2) is 0 Å². The van der Waals surface area contributed by atoms with E-state index >= 15 is 0 Å². The summed E-state index contributed by atoms with van der Waals surface area (Å²) in [6.45, 7) is 0.547. The molecule has 0 saturated heterocycles. The van der Waals surface area contributed by atoms with Crippen molar-refractivity contribution in [3.8, 4) is 0 Å². The topological polar surface area (TPSA) is 12.0 Å². The van der Waals surface area contributed by atoms with Crippen molar-refractivity contribution in [3.63, 3.8) is 0 Å². The maximum atomic E-state index is 11.6. The van der Waals surface area contributed by atoms with Gasteiger partial charge >= 0.3 is 0 Å². The predicted octanol–water partition coefficient (Wildman–Crippen LogP) is 2.80. The molecule has 12 heavy (non-hydrogen) atoms. The van der Waals surface area contributed by atoms with Gasteiger partial charge in [-0.2, -0.15) is 0 Å². The van der Waals surface area contributed by atoms with Crippen molar-refractivity contribution in [2.45, 2.75) is 32.1 Å². The van der Waals surface area contributed by atoms with Crippen molar-refractivity contribution in [1.82, 2.24) is 5.32 Å². The molecule has 0 radical (unpaired) electrons. The second-order valence-electron chi connectivity index (χ2n) is 2.70. The molecule has 0 bridgehead atoms. The highest BCUT2D eigenvalue weighted by atomic mass is 79.9. The fourth-order valence-corrected chi connectivity index (χ4v) is 1.31. The average Bonchev–Trinajstić information content (AvgIpc) is 2.02. The molecule has 0 amide bonds. The number of rotatable bonds is 8. The van der Waals surface area contributed by atoms with Crippen LogP contribution in [-0.4, -0.2) is 24.8 Å². The van der Waals surface area contributed by atoms with Gasteiger partial charge in [-0.15, -0.1) is 0 Å². The lowest BCUT2D eigenvalue weighted by molar-refractivity contribution is 0.146. The van der Waals surface area contributed by atoms with Gasteiger partial charge in [-0.25, -0.2) is 8.78 Å². The van der Waals surface area contributed by atoms with Gasteiger partial charge in [0.1, 0.15) is 0 Å². The van der Waals surface area contributed by atoms with Crippen LogP contribution in [0.25, 0.3) is 0 Å². The summed E-state index contributed by atoms with van der Waals surface area (Å²) in [4.78, 5) is 0. The molecule has 0 unspecified atom stereocenters. The highest BCUT2D eigenvalue weighted by Crippen LogP contribution is 2.00. The first-order chi connectivity index (χ1) is 5.77. The van der Waals surface area contributed by atoms with E-state index in [-0.39, 0.29) is 6.54 Å². The lowest BCUT2D eigenvalue weighted by Crippen LogP contribution is -2.22. The maximum Gasteiger partial charge on any atom is 0.250 e. The monoisotopic (exact) mass is 243 g/mol. The Hall–Kier alpha value is 0.300. The van der Waals surface area contributed by atoms with Crippen molar-refractivity contribution in [2.75, 3.05) is 18.4 Å². The zero-order valence-electron chi connectivity index (χ0n) is 7.16. The summed E-state index contributed by atoms with van der Waals surface area (Å²) < 4.78 is 23.2. The summed E-state index contributed by atoms with van der Waals surface area (Å²) in [7, 11) is 0. The Labute approximate surface area is 81.0 Å². The minimum absolute atomic E-state index is 0.168. The van der Waals surface area contributed by atoms with Gasteiger partial charge in [0.25, 0.3) is 6.43 Å². The number of alkyl halides is 3. The molecule has 0 fully saturated rings. The van der Waals surface area contributed by atoms with E-state index in [9.17, 15) is 8.78 Å². The molecular weight excluding hydrogens is 228 g/mol. The van der Waals surface area contributed by atoms with Gasteiger partial charge in [0.2, 0.25) is 0 Å². The zero-order valence-corrected chi connectivity index (χ0v) is 8.75. The van der Waals surface area contributed by atoms with Gasteiger partial charge in [0.05, 0.1) is 6.54 Å². The Morgan fingerprint density at radius 1 is 1.08 bits per heavy atom. The van der Waals surface area contributed by atoms with Gasteiger partial charge in [-0.3, -0.25) is 0 Å². The van der Waals surface area contributed by atoms with E-state index in [1.807, 2.05) is 0 Å². The molecule has 4 heteroatoms. The van der Waals surface area contributed by atoms with Crippen LogP contribution < -0.4 is 5.32 Å². The largest absolute Gasteiger partial charge is 0.311 e. The molecule has 0 aromatic heterocycles. The Kier molecular flexibility index (Phi) is 9.62. The van der Waals surface area contributed by atoms with E-state index in [1.54, 1.807) is 0 Å². The zero-order chi connectivity index (χ0) is 9.23. The Balaban J connectivity index is 2.82. The summed E-state index contributed by atoms with van der Waals surface area (Å²) >= 11 is 3.34. The molecular formula is C8H16BrF2N. The molecule has 0 atom stereocenters. The van der Waals surface area contributed by atoms with E-state index in [0.717, 1.165) is 18.2 Å². The van der Waals surface area contributed by atoms with Crippen molar-refractivity contribution >= 4 is 15.9 Å². The van der Waals surface area contributed by atoms with Crippen LogP contribution in [0.15, 0.2) is 0 Å². The molecule has 0 heterocycles. The normalized spacial score (nSPS) is 11.0. The molecule has 0 aromatic rings. The Morgan fingerprint density at radius 3 is 2.33 bits per heavy atom. The summed E-state index contributed by atoms with van der Waals surface area (Å²) in [6.07, 6.45) is 2.27. The lowest BCUT2D eigenvalue weighted by Gasteiger charge is -2.02. The highest BCUT2D eigenvalue weighted by molar-refractivity contribution is 9.09. The van der Waals surface area contributed by atoms with E-state index in [4.69, 9.17) is 0 Å². The quantitative estimate of drug-likeness (QED) is 0.511. The van der Waals surface area contributed by atoms with Gasteiger partial charge < -0.3 is 5.32 Å². The van der Waals surface area contributed by atoms with E-state index in [1.165, 1.54) is 12.8 Å². The van der Waals surface area contributed by atoms with Crippen LogP contribution in [0.1, 0.15) is 25.7 Å². The maximum absolute atomic E-state index is 11.6. The Morgan fingerprint density at radius 2 is 1.75 bits per heavy atom. The van der Waals surface area contributed by atoms with E-state index < -0.39 is 6.43 Å². The number of unbranched alkanes of at least 4 members (excludes halogenated alkanes) is 3. The van der Waals surface area contributed by atoms with Crippen LogP contribution in [0.2, 0.25) is 0 Å². The second kappa shape index (κ2) is 9.39. The summed E-state index contributed by atoms with van der Waals surface area (Å²) in [6, 6.07) is 0. The van der Waals surface area contributed by atoms with Crippen LogP contribution in [0, 0.1) is 0 Å². The first-order valence-corrected chi connectivity index (χ1v) is 5.44. The third-order valence-corrected chi connectivity index (χ3v) is 2.10. The molecule has 74 valence electrons. The van der Waals surface area contributed by atoms with Crippen LogP contribution in [0.5, 0.6) is 0 Å². The van der Waals surface area contributed by atoms with E-state index in [2.05, 4.69) is 21.2 Å². The molecule has 0 saturated carbocycles. The fraction of sp³-hybridized carbons (Fsp3) is 1.00. The SMILES string of the molecule is FC(F)CNCCCCCCBr. The molecule has 0 aromatic carbocycles. The molecule has 0 rings (SSSR count).